The maximum absolute atomic E-state index is 4.36. The number of nitrogens with one attached hydrogen (secondary N) is 1. The number of rotatable bonds is 4. The molecule has 0 atom stereocenters. The molecule has 1 aliphatic rings. The molecule has 19 heavy (non-hydrogen) atoms. The molecule has 100 valence electrons. The summed E-state index contributed by atoms with van der Waals surface area (Å²) in [5, 5.41) is 7.80. The first-order chi connectivity index (χ1) is 9.22. The van der Waals surface area contributed by atoms with Gasteiger partial charge in [0.1, 0.15) is 0 Å². The van der Waals surface area contributed by atoms with Crippen molar-refractivity contribution in [3.63, 3.8) is 0 Å². The van der Waals surface area contributed by atoms with Crippen LogP contribution in [0.15, 0.2) is 30.5 Å². The van der Waals surface area contributed by atoms with Crippen molar-refractivity contribution in [3.8, 4) is 0 Å². The average Bonchev–Trinajstić information content (AvgIpc) is 2.97. The van der Waals surface area contributed by atoms with E-state index in [1.807, 2.05) is 24.0 Å². The van der Waals surface area contributed by atoms with Gasteiger partial charge >= 0.3 is 0 Å². The van der Waals surface area contributed by atoms with E-state index in [0.717, 1.165) is 25.3 Å². The Morgan fingerprint density at radius 2 is 2.11 bits per heavy atom. The first-order valence-electron chi connectivity index (χ1n) is 6.74. The lowest BCUT2D eigenvalue weighted by atomic mass is 10.1. The van der Waals surface area contributed by atoms with Crippen LogP contribution in [0.4, 0.5) is 5.69 Å². The van der Waals surface area contributed by atoms with Crippen LogP contribution in [0.1, 0.15) is 16.8 Å². The molecular formula is C15H20N4. The number of hydrogen-bond donors (Lipinski definition) is 1. The standard InChI is InChI=1S/C15H20N4/c1-18-7-5-13-9-12(3-4-15(13)18)10-16-11-14-6-8-19(2)17-14/h3-4,6,8-9,16H,5,7,10-11H2,1-2H3. The molecular weight excluding hydrogens is 236 g/mol. The summed E-state index contributed by atoms with van der Waals surface area (Å²) in [6, 6.07) is 8.82. The van der Waals surface area contributed by atoms with Crippen LogP contribution in [0, 0.1) is 0 Å². The van der Waals surface area contributed by atoms with Crippen molar-refractivity contribution in [2.24, 2.45) is 7.05 Å². The Kier molecular flexibility index (Phi) is 3.25. The second-order valence-corrected chi connectivity index (χ2v) is 5.22. The monoisotopic (exact) mass is 256 g/mol. The molecule has 0 fully saturated rings. The molecule has 2 aromatic rings. The second kappa shape index (κ2) is 5.05. The van der Waals surface area contributed by atoms with Crippen molar-refractivity contribution in [2.45, 2.75) is 19.5 Å². The van der Waals surface area contributed by atoms with Gasteiger partial charge in [0.2, 0.25) is 0 Å². The number of benzene rings is 1. The van der Waals surface area contributed by atoms with E-state index < -0.39 is 0 Å². The van der Waals surface area contributed by atoms with E-state index >= 15 is 0 Å². The van der Waals surface area contributed by atoms with Crippen LogP contribution < -0.4 is 10.2 Å². The Bertz CT molecular complexity index is 573. The normalized spacial score (nSPS) is 13.9. The van der Waals surface area contributed by atoms with Crippen LogP contribution in [0.2, 0.25) is 0 Å². The number of aryl methyl sites for hydroxylation is 1. The van der Waals surface area contributed by atoms with Crippen molar-refractivity contribution in [2.75, 3.05) is 18.5 Å². The molecule has 0 unspecified atom stereocenters. The van der Waals surface area contributed by atoms with Crippen LogP contribution in [0.5, 0.6) is 0 Å². The van der Waals surface area contributed by atoms with Gasteiger partial charge in [0.15, 0.2) is 0 Å². The third-order valence-electron chi connectivity index (χ3n) is 3.68. The highest BCUT2D eigenvalue weighted by Gasteiger charge is 2.15. The fourth-order valence-corrected chi connectivity index (χ4v) is 2.62. The molecule has 1 aromatic heterocycles. The zero-order valence-electron chi connectivity index (χ0n) is 11.6. The smallest absolute Gasteiger partial charge is 0.0762 e. The molecule has 1 N–H and O–H groups in total. The fraction of sp³-hybridized carbons (Fsp3) is 0.400. The SMILES string of the molecule is CN1CCc2cc(CNCc3ccn(C)n3)ccc21. The third-order valence-corrected chi connectivity index (χ3v) is 3.68. The highest BCUT2D eigenvalue weighted by Crippen LogP contribution is 2.27. The van der Waals surface area contributed by atoms with Crippen molar-refractivity contribution in [1.29, 1.82) is 0 Å². The van der Waals surface area contributed by atoms with Gasteiger partial charge in [-0.2, -0.15) is 5.10 Å². The van der Waals surface area contributed by atoms with E-state index in [9.17, 15) is 0 Å². The van der Waals surface area contributed by atoms with Crippen LogP contribution in [0.25, 0.3) is 0 Å². The Morgan fingerprint density at radius 3 is 2.89 bits per heavy atom. The molecule has 3 rings (SSSR count). The number of fused-ring (bicyclic) bond motifs is 1. The Morgan fingerprint density at radius 1 is 1.21 bits per heavy atom. The van der Waals surface area contributed by atoms with Crippen molar-refractivity contribution < 1.29 is 0 Å². The molecule has 0 saturated carbocycles. The molecule has 1 aromatic carbocycles. The molecule has 0 radical (unpaired) electrons. The maximum atomic E-state index is 4.36. The number of hydrogen-bond acceptors (Lipinski definition) is 3. The predicted octanol–water partition coefficient (Wildman–Crippen LogP) is 1.70. The quantitative estimate of drug-likeness (QED) is 0.904. The summed E-state index contributed by atoms with van der Waals surface area (Å²) in [5.41, 5.74) is 5.29. The van der Waals surface area contributed by atoms with Gasteiger partial charge in [-0.25, -0.2) is 0 Å². The first-order valence-corrected chi connectivity index (χ1v) is 6.74. The van der Waals surface area contributed by atoms with Crippen LogP contribution in [-0.2, 0) is 26.6 Å². The number of nitrogens with zero attached hydrogens (tertiary/aromatic N) is 3. The summed E-state index contributed by atoms with van der Waals surface area (Å²) < 4.78 is 1.84. The molecule has 2 heterocycles. The number of likely N-dealkylation sites (N-methyl/N-ethyl adjacent to an activating group) is 1. The van der Waals surface area contributed by atoms with Gasteiger partial charge in [0.05, 0.1) is 5.69 Å². The maximum Gasteiger partial charge on any atom is 0.0762 e. The molecule has 0 bridgehead atoms. The first kappa shape index (κ1) is 12.2. The average molecular weight is 256 g/mol. The minimum absolute atomic E-state index is 0.817. The zero-order valence-corrected chi connectivity index (χ0v) is 11.6. The van der Waals surface area contributed by atoms with E-state index in [1.165, 1.54) is 23.2 Å². The lowest BCUT2D eigenvalue weighted by Crippen LogP contribution is -2.14. The lowest BCUT2D eigenvalue weighted by molar-refractivity contribution is 0.656. The minimum Gasteiger partial charge on any atom is -0.374 e. The van der Waals surface area contributed by atoms with E-state index in [1.54, 1.807) is 0 Å². The summed E-state index contributed by atoms with van der Waals surface area (Å²) in [6.07, 6.45) is 3.14. The van der Waals surface area contributed by atoms with Gasteiger partial charge in [-0.15, -0.1) is 0 Å². The Labute approximate surface area is 114 Å². The third kappa shape index (κ3) is 2.63. The van der Waals surface area contributed by atoms with Gasteiger partial charge < -0.3 is 10.2 Å². The Hall–Kier alpha value is -1.81. The largest absolute Gasteiger partial charge is 0.374 e. The topological polar surface area (TPSA) is 33.1 Å². The van der Waals surface area contributed by atoms with Crippen molar-refractivity contribution >= 4 is 5.69 Å². The highest BCUT2D eigenvalue weighted by molar-refractivity contribution is 5.58. The minimum atomic E-state index is 0.817. The molecule has 0 spiro atoms. The summed E-state index contributed by atoms with van der Waals surface area (Å²) in [5.74, 6) is 0. The highest BCUT2D eigenvalue weighted by atomic mass is 15.3. The van der Waals surface area contributed by atoms with E-state index in [0.29, 0.717) is 0 Å². The summed E-state index contributed by atoms with van der Waals surface area (Å²) in [6.45, 7) is 2.85. The predicted molar refractivity (Wildman–Crippen MR) is 77.2 cm³/mol. The summed E-state index contributed by atoms with van der Waals surface area (Å²) in [7, 11) is 4.10. The zero-order chi connectivity index (χ0) is 13.2. The molecule has 0 amide bonds. The van der Waals surface area contributed by atoms with Gasteiger partial charge in [0.25, 0.3) is 0 Å². The van der Waals surface area contributed by atoms with E-state index in [2.05, 4.69) is 40.6 Å². The van der Waals surface area contributed by atoms with E-state index in [-0.39, 0.29) is 0 Å². The fourth-order valence-electron chi connectivity index (χ4n) is 2.62. The molecule has 0 saturated heterocycles. The molecule has 0 aliphatic carbocycles. The lowest BCUT2D eigenvalue weighted by Gasteiger charge is -2.12. The molecule has 4 heteroatoms. The molecule has 4 nitrogen and oxygen atoms in total. The van der Waals surface area contributed by atoms with Crippen LogP contribution >= 0.6 is 0 Å². The van der Waals surface area contributed by atoms with E-state index in [4.69, 9.17) is 0 Å². The summed E-state index contributed by atoms with van der Waals surface area (Å²) in [4.78, 5) is 2.32. The number of anilines is 1. The van der Waals surface area contributed by atoms with Crippen LogP contribution in [0.3, 0.4) is 0 Å². The van der Waals surface area contributed by atoms with Crippen LogP contribution in [-0.4, -0.2) is 23.4 Å². The van der Waals surface area contributed by atoms with Gasteiger partial charge in [0, 0.05) is 45.6 Å². The Balaban J connectivity index is 1.59. The molecule has 1 aliphatic heterocycles. The number of aromatic nitrogens is 2. The van der Waals surface area contributed by atoms with Gasteiger partial charge in [-0.05, 0) is 29.7 Å². The van der Waals surface area contributed by atoms with Gasteiger partial charge in [-0.3, -0.25) is 4.68 Å². The second-order valence-electron chi connectivity index (χ2n) is 5.22. The van der Waals surface area contributed by atoms with Crippen molar-refractivity contribution in [1.82, 2.24) is 15.1 Å². The van der Waals surface area contributed by atoms with Gasteiger partial charge in [-0.1, -0.05) is 12.1 Å². The summed E-state index contributed by atoms with van der Waals surface area (Å²) >= 11 is 0. The van der Waals surface area contributed by atoms with Crippen molar-refractivity contribution in [3.05, 3.63) is 47.3 Å².